The van der Waals surface area contributed by atoms with Gasteiger partial charge in [-0.1, -0.05) is 31.9 Å². The van der Waals surface area contributed by atoms with E-state index >= 15 is 0 Å². The molecule has 0 saturated heterocycles. The molecule has 0 fully saturated rings. The number of ether oxygens (including phenoxy) is 1. The van der Waals surface area contributed by atoms with Crippen LogP contribution in [-0.2, 0) is 14.8 Å². The summed E-state index contributed by atoms with van der Waals surface area (Å²) >= 11 is 6.08. The maximum atomic E-state index is 12.8. The molecule has 1 aromatic carbocycles. The minimum absolute atomic E-state index is 0.0128. The quantitative estimate of drug-likeness (QED) is 0.666. The highest BCUT2D eigenvalue weighted by atomic mass is 35.5. The SMILES string of the molecule is CCC[C@H](C)NC(=O)CN(CC)S(=O)(=O)c1ccc(OCC)c(Cl)c1. The Bertz CT molecular complexity index is 679. The van der Waals surface area contributed by atoms with E-state index in [9.17, 15) is 13.2 Å². The van der Waals surface area contributed by atoms with Gasteiger partial charge in [0.1, 0.15) is 5.75 Å². The van der Waals surface area contributed by atoms with Gasteiger partial charge in [-0.25, -0.2) is 8.42 Å². The Morgan fingerprint density at radius 1 is 1.32 bits per heavy atom. The molecule has 0 unspecified atom stereocenters. The van der Waals surface area contributed by atoms with Gasteiger partial charge in [0.15, 0.2) is 0 Å². The van der Waals surface area contributed by atoms with Crippen molar-refractivity contribution in [2.75, 3.05) is 19.7 Å². The first kappa shape index (κ1) is 21.7. The Morgan fingerprint density at radius 2 is 2.00 bits per heavy atom. The number of rotatable bonds is 10. The van der Waals surface area contributed by atoms with Crippen LogP contribution < -0.4 is 10.1 Å². The van der Waals surface area contributed by atoms with E-state index in [1.165, 1.54) is 18.2 Å². The van der Waals surface area contributed by atoms with Gasteiger partial charge >= 0.3 is 0 Å². The van der Waals surface area contributed by atoms with Crippen LogP contribution in [0.25, 0.3) is 0 Å². The van der Waals surface area contributed by atoms with Gasteiger partial charge in [0.25, 0.3) is 0 Å². The normalized spacial score (nSPS) is 12.9. The summed E-state index contributed by atoms with van der Waals surface area (Å²) in [7, 11) is -3.82. The fourth-order valence-corrected chi connectivity index (χ4v) is 4.15. The summed E-state index contributed by atoms with van der Waals surface area (Å²) in [5, 5.41) is 3.04. The van der Waals surface area contributed by atoms with Crippen LogP contribution in [0.1, 0.15) is 40.5 Å². The lowest BCUT2D eigenvalue weighted by molar-refractivity contribution is -0.121. The summed E-state index contributed by atoms with van der Waals surface area (Å²) in [6, 6.07) is 4.32. The number of hydrogen-bond acceptors (Lipinski definition) is 4. The zero-order valence-electron chi connectivity index (χ0n) is 15.2. The van der Waals surface area contributed by atoms with E-state index < -0.39 is 10.0 Å². The second-order valence-corrected chi connectivity index (χ2v) is 8.06. The summed E-state index contributed by atoms with van der Waals surface area (Å²) < 4.78 is 32.0. The Labute approximate surface area is 155 Å². The fourth-order valence-electron chi connectivity index (χ4n) is 2.42. The number of nitrogens with zero attached hydrogens (tertiary/aromatic N) is 1. The van der Waals surface area contributed by atoms with Crippen molar-refractivity contribution in [2.45, 2.75) is 51.5 Å². The third-order valence-corrected chi connectivity index (χ3v) is 5.85. The maximum absolute atomic E-state index is 12.8. The molecule has 0 heterocycles. The van der Waals surface area contributed by atoms with Gasteiger partial charge < -0.3 is 10.1 Å². The molecule has 1 rings (SSSR count). The first-order valence-electron chi connectivity index (χ1n) is 8.48. The lowest BCUT2D eigenvalue weighted by atomic mass is 10.2. The molecule has 0 aliphatic heterocycles. The first-order chi connectivity index (χ1) is 11.8. The Morgan fingerprint density at radius 3 is 2.52 bits per heavy atom. The summed E-state index contributed by atoms with van der Waals surface area (Å²) in [5.74, 6) is 0.112. The standard InChI is InChI=1S/C17H27ClN2O4S/c1-5-8-13(4)19-17(21)12-20(6-2)25(22,23)14-9-10-16(24-7-3)15(18)11-14/h9-11,13H,5-8,12H2,1-4H3,(H,19,21)/t13-/m0/s1. The monoisotopic (exact) mass is 390 g/mol. The summed E-state index contributed by atoms with van der Waals surface area (Å²) in [5.41, 5.74) is 0. The molecule has 0 spiro atoms. The number of likely N-dealkylation sites (N-methyl/N-ethyl adjacent to an activating group) is 1. The molecule has 6 nitrogen and oxygen atoms in total. The topological polar surface area (TPSA) is 75.7 Å². The molecule has 0 aliphatic carbocycles. The zero-order chi connectivity index (χ0) is 19.0. The first-order valence-corrected chi connectivity index (χ1v) is 10.3. The van der Waals surface area contributed by atoms with Gasteiger partial charge in [0.2, 0.25) is 15.9 Å². The third kappa shape index (κ3) is 6.17. The van der Waals surface area contributed by atoms with E-state index in [4.69, 9.17) is 16.3 Å². The van der Waals surface area contributed by atoms with Crippen LogP contribution in [0.3, 0.4) is 0 Å². The van der Waals surface area contributed by atoms with Crippen LogP contribution in [0.5, 0.6) is 5.75 Å². The molecule has 0 aromatic heterocycles. The van der Waals surface area contributed by atoms with Gasteiger partial charge in [-0.05, 0) is 38.5 Å². The zero-order valence-corrected chi connectivity index (χ0v) is 16.8. The fraction of sp³-hybridized carbons (Fsp3) is 0.588. The molecule has 1 aromatic rings. The summed E-state index contributed by atoms with van der Waals surface area (Å²) in [6.45, 7) is 7.83. The Balaban J connectivity index is 2.93. The number of halogens is 1. The number of carbonyl (C=O) groups is 1. The van der Waals surface area contributed by atoms with Crippen molar-refractivity contribution in [3.05, 3.63) is 23.2 Å². The average molecular weight is 391 g/mol. The van der Waals surface area contributed by atoms with Crippen molar-refractivity contribution in [1.29, 1.82) is 0 Å². The van der Waals surface area contributed by atoms with Crippen LogP contribution in [0.2, 0.25) is 5.02 Å². The number of carbonyl (C=O) groups excluding carboxylic acids is 1. The van der Waals surface area contributed by atoms with Crippen molar-refractivity contribution in [3.63, 3.8) is 0 Å². The summed E-state index contributed by atoms with van der Waals surface area (Å²) in [4.78, 5) is 12.2. The second-order valence-electron chi connectivity index (χ2n) is 5.71. The molecule has 0 radical (unpaired) electrons. The van der Waals surface area contributed by atoms with Crippen molar-refractivity contribution < 1.29 is 17.9 Å². The molecule has 0 saturated carbocycles. The van der Waals surface area contributed by atoms with Crippen molar-refractivity contribution >= 4 is 27.5 Å². The highest BCUT2D eigenvalue weighted by molar-refractivity contribution is 7.89. The van der Waals surface area contributed by atoms with Gasteiger partial charge in [0.05, 0.1) is 23.1 Å². The number of amides is 1. The van der Waals surface area contributed by atoms with Crippen molar-refractivity contribution in [3.8, 4) is 5.75 Å². The lowest BCUT2D eigenvalue weighted by Crippen LogP contribution is -2.43. The molecular weight excluding hydrogens is 364 g/mol. The molecule has 0 aliphatic rings. The Hall–Kier alpha value is -1.31. The third-order valence-electron chi connectivity index (χ3n) is 3.64. The van der Waals surface area contributed by atoms with Crippen LogP contribution in [0, 0.1) is 0 Å². The second kappa shape index (κ2) is 9.99. The number of benzene rings is 1. The average Bonchev–Trinajstić information content (AvgIpc) is 2.54. The smallest absolute Gasteiger partial charge is 0.243 e. The molecule has 0 bridgehead atoms. The highest BCUT2D eigenvalue weighted by Gasteiger charge is 2.26. The van der Waals surface area contributed by atoms with Gasteiger partial charge in [0, 0.05) is 12.6 Å². The van der Waals surface area contributed by atoms with E-state index in [-0.39, 0.29) is 35.0 Å². The number of sulfonamides is 1. The van der Waals surface area contributed by atoms with Gasteiger partial charge in [-0.15, -0.1) is 0 Å². The molecule has 8 heteroatoms. The van der Waals surface area contributed by atoms with Crippen LogP contribution in [0.4, 0.5) is 0 Å². The molecule has 1 N–H and O–H groups in total. The van der Waals surface area contributed by atoms with Gasteiger partial charge in [-0.2, -0.15) is 4.31 Å². The van der Waals surface area contributed by atoms with Gasteiger partial charge in [-0.3, -0.25) is 4.79 Å². The highest BCUT2D eigenvalue weighted by Crippen LogP contribution is 2.28. The van der Waals surface area contributed by atoms with E-state index in [0.717, 1.165) is 17.1 Å². The molecule has 1 amide bonds. The van der Waals surface area contributed by atoms with Crippen LogP contribution in [-0.4, -0.2) is 44.4 Å². The van der Waals surface area contributed by atoms with E-state index in [2.05, 4.69) is 5.32 Å². The predicted octanol–water partition coefficient (Wildman–Crippen LogP) is 3.05. The number of nitrogens with one attached hydrogen (secondary N) is 1. The molecular formula is C17H27ClN2O4S. The minimum Gasteiger partial charge on any atom is -0.492 e. The Kier molecular flexibility index (Phi) is 8.68. The molecule has 1 atom stereocenters. The van der Waals surface area contributed by atoms with E-state index in [1.54, 1.807) is 6.92 Å². The maximum Gasteiger partial charge on any atom is 0.243 e. The largest absolute Gasteiger partial charge is 0.492 e. The van der Waals surface area contributed by atoms with Crippen LogP contribution >= 0.6 is 11.6 Å². The molecule has 25 heavy (non-hydrogen) atoms. The predicted molar refractivity (Wildman–Crippen MR) is 99.6 cm³/mol. The lowest BCUT2D eigenvalue weighted by Gasteiger charge is -2.22. The summed E-state index contributed by atoms with van der Waals surface area (Å²) in [6.07, 6.45) is 1.79. The van der Waals surface area contributed by atoms with Crippen LogP contribution in [0.15, 0.2) is 23.1 Å². The van der Waals surface area contributed by atoms with E-state index in [0.29, 0.717) is 12.4 Å². The van der Waals surface area contributed by atoms with E-state index in [1.807, 2.05) is 20.8 Å². The van der Waals surface area contributed by atoms with Crippen molar-refractivity contribution in [2.24, 2.45) is 0 Å². The van der Waals surface area contributed by atoms with Crippen molar-refractivity contribution in [1.82, 2.24) is 9.62 Å². The number of hydrogen-bond donors (Lipinski definition) is 1. The minimum atomic E-state index is -3.82. The molecule has 142 valence electrons.